The van der Waals surface area contributed by atoms with Crippen molar-refractivity contribution in [3.05, 3.63) is 149 Å². The minimum absolute atomic E-state index is 0.254. The van der Waals surface area contributed by atoms with Crippen molar-refractivity contribution in [2.45, 2.75) is 76.2 Å². The van der Waals surface area contributed by atoms with E-state index in [-0.39, 0.29) is 5.25 Å². The number of rotatable bonds is 18. The van der Waals surface area contributed by atoms with Gasteiger partial charge >= 0.3 is 0 Å². The highest BCUT2D eigenvalue weighted by atomic mass is 32.2. The van der Waals surface area contributed by atoms with Crippen molar-refractivity contribution in [1.29, 1.82) is 0 Å². The van der Waals surface area contributed by atoms with Gasteiger partial charge in [-0.25, -0.2) is 0 Å². The summed E-state index contributed by atoms with van der Waals surface area (Å²) in [7, 11) is 0. The Morgan fingerprint density at radius 1 is 0.580 bits per heavy atom. The predicted molar refractivity (Wildman–Crippen MR) is 232 cm³/mol. The number of benzene rings is 4. The van der Waals surface area contributed by atoms with Crippen molar-refractivity contribution in [3.8, 4) is 0 Å². The van der Waals surface area contributed by atoms with Crippen LogP contribution in [0.5, 0.6) is 0 Å². The molecule has 6 heteroatoms. The van der Waals surface area contributed by atoms with Gasteiger partial charge in [-0.1, -0.05) is 170 Å². The van der Waals surface area contributed by atoms with Crippen LogP contribution in [0.15, 0.2) is 116 Å². The Morgan fingerprint density at radius 3 is 1.52 bits per heavy atom. The zero-order valence-corrected chi connectivity index (χ0v) is 33.6. The summed E-state index contributed by atoms with van der Waals surface area (Å²) in [5, 5.41) is 0.572. The molecule has 0 heterocycles. The maximum atomic E-state index is 6.06. The molecule has 264 valence electrons. The summed E-state index contributed by atoms with van der Waals surface area (Å²) in [6.07, 6.45) is 7.08. The van der Waals surface area contributed by atoms with Crippen molar-refractivity contribution >= 4 is 62.7 Å². The van der Waals surface area contributed by atoms with Gasteiger partial charge in [-0.2, -0.15) is 0 Å². The van der Waals surface area contributed by atoms with Crippen molar-refractivity contribution in [2.75, 3.05) is 26.2 Å². The van der Waals surface area contributed by atoms with E-state index in [9.17, 15) is 0 Å². The fourth-order valence-corrected chi connectivity index (χ4v) is 10.00. The Bertz CT molecular complexity index is 1580. The average molecular weight is 739 g/mol. The van der Waals surface area contributed by atoms with Gasteiger partial charge in [0.1, 0.15) is 8.64 Å². The molecule has 4 aromatic carbocycles. The van der Waals surface area contributed by atoms with E-state index >= 15 is 0 Å². The van der Waals surface area contributed by atoms with Gasteiger partial charge in [0.15, 0.2) is 0 Å². The molecule has 3 unspecified atom stereocenters. The van der Waals surface area contributed by atoms with Crippen molar-refractivity contribution < 1.29 is 0 Å². The molecule has 0 N–H and O–H groups in total. The number of thiocarbonyl (C=S) groups is 2. The normalized spacial score (nSPS) is 12.9. The molecule has 0 aromatic heterocycles. The lowest BCUT2D eigenvalue weighted by atomic mass is 9.87. The molecule has 0 spiro atoms. The molecule has 0 bridgehead atoms. The van der Waals surface area contributed by atoms with Crippen LogP contribution in [0.1, 0.15) is 96.8 Å². The fraction of sp³-hybridized carbons (Fsp3) is 0.364. The number of hydrogen-bond acceptors (Lipinski definition) is 4. The molecule has 0 aliphatic rings. The van der Waals surface area contributed by atoms with Crippen LogP contribution in [-0.2, 0) is 12.8 Å². The molecule has 0 radical (unpaired) electrons. The van der Waals surface area contributed by atoms with Crippen LogP contribution < -0.4 is 0 Å². The van der Waals surface area contributed by atoms with E-state index in [1.807, 2.05) is 29.6 Å². The SMILES string of the molecule is C=Cc1ccc(CCC(CC(SC(=S)N(CC)CC)c2ccc(CCC(SC(=S)N(CC)CC)c3ccccc3)cc2)c2ccccc2)cc1. The smallest absolute Gasteiger partial charge is 0.136 e. The molecule has 3 atom stereocenters. The van der Waals surface area contributed by atoms with E-state index in [1.54, 1.807) is 0 Å². The molecular weight excluding hydrogens is 685 g/mol. The zero-order valence-electron chi connectivity index (χ0n) is 30.3. The molecule has 0 aliphatic carbocycles. The van der Waals surface area contributed by atoms with Gasteiger partial charge in [-0.05, 0) is 99.1 Å². The molecule has 4 rings (SSSR count). The second-order valence-corrected chi connectivity index (χ2v) is 16.3. The third kappa shape index (κ3) is 12.1. The molecule has 0 saturated carbocycles. The van der Waals surface area contributed by atoms with Crippen LogP contribution >= 0.6 is 48.0 Å². The molecule has 50 heavy (non-hydrogen) atoms. The van der Waals surface area contributed by atoms with Gasteiger partial charge in [0.25, 0.3) is 0 Å². The van der Waals surface area contributed by atoms with Crippen molar-refractivity contribution in [1.82, 2.24) is 9.80 Å². The maximum absolute atomic E-state index is 6.06. The first kappa shape index (κ1) is 39.9. The fourth-order valence-electron chi connectivity index (χ4n) is 6.33. The standard InChI is InChI=1S/C44H54N2S4/c1-6-34-21-23-35(24-22-34)27-31-40(37-17-13-11-14-18-37)33-42(50-44(48)46(9-4)10-5)39-29-25-36(26-30-39)28-32-41(38-19-15-12-16-20-38)49-43(47)45(7-2)8-3/h6,11-26,29-30,40-42H,1,7-10,27-28,31-33H2,2-5H3. The highest BCUT2D eigenvalue weighted by Crippen LogP contribution is 2.42. The Morgan fingerprint density at radius 2 is 1.02 bits per heavy atom. The monoisotopic (exact) mass is 738 g/mol. The number of nitrogens with zero attached hydrogens (tertiary/aromatic N) is 2. The third-order valence-corrected chi connectivity index (χ3v) is 13.1. The first-order chi connectivity index (χ1) is 24.4. The Kier molecular flexibility index (Phi) is 17.1. The molecule has 2 nitrogen and oxygen atoms in total. The summed E-state index contributed by atoms with van der Waals surface area (Å²) in [6, 6.07) is 40.2. The van der Waals surface area contributed by atoms with E-state index in [0.717, 1.165) is 72.5 Å². The van der Waals surface area contributed by atoms with Crippen molar-refractivity contribution in [2.24, 2.45) is 0 Å². The van der Waals surface area contributed by atoms with Gasteiger partial charge < -0.3 is 9.80 Å². The molecule has 4 aromatic rings. The summed E-state index contributed by atoms with van der Waals surface area (Å²) < 4.78 is 1.98. The van der Waals surface area contributed by atoms with Crippen molar-refractivity contribution in [3.63, 3.8) is 0 Å². The lowest BCUT2D eigenvalue weighted by Crippen LogP contribution is -2.27. The minimum atomic E-state index is 0.254. The Labute approximate surface area is 322 Å². The van der Waals surface area contributed by atoms with Gasteiger partial charge in [-0.3, -0.25) is 0 Å². The molecule has 0 saturated heterocycles. The van der Waals surface area contributed by atoms with Crippen LogP contribution in [-0.4, -0.2) is 44.6 Å². The van der Waals surface area contributed by atoms with E-state index < -0.39 is 0 Å². The second kappa shape index (κ2) is 21.5. The topological polar surface area (TPSA) is 6.48 Å². The van der Waals surface area contributed by atoms with Crippen LogP contribution in [0.4, 0.5) is 0 Å². The average Bonchev–Trinajstić information content (AvgIpc) is 3.16. The summed E-state index contributed by atoms with van der Waals surface area (Å²) in [4.78, 5) is 4.59. The lowest BCUT2D eigenvalue weighted by molar-refractivity contribution is 0.481. The first-order valence-corrected chi connectivity index (χ1v) is 20.8. The lowest BCUT2D eigenvalue weighted by Gasteiger charge is -2.28. The number of thioether (sulfide) groups is 2. The quantitative estimate of drug-likeness (QED) is 0.0931. The molecule has 0 fully saturated rings. The van der Waals surface area contributed by atoms with Gasteiger partial charge in [0.2, 0.25) is 0 Å². The first-order valence-electron chi connectivity index (χ1n) is 18.2. The van der Waals surface area contributed by atoms with E-state index in [0.29, 0.717) is 11.2 Å². The van der Waals surface area contributed by atoms with Gasteiger partial charge in [0, 0.05) is 36.7 Å². The number of hydrogen-bond donors (Lipinski definition) is 0. The largest absolute Gasteiger partial charge is 0.358 e. The van der Waals surface area contributed by atoms with E-state index in [4.69, 9.17) is 24.4 Å². The highest BCUT2D eigenvalue weighted by Gasteiger charge is 2.24. The predicted octanol–water partition coefficient (Wildman–Crippen LogP) is 12.6. The molecular formula is C44H54N2S4. The molecule has 0 amide bonds. The molecule has 0 aliphatic heterocycles. The second-order valence-electron chi connectivity index (χ2n) is 12.6. The highest BCUT2D eigenvalue weighted by molar-refractivity contribution is 8.23. The number of aryl methyl sites for hydroxylation is 2. The van der Waals surface area contributed by atoms with Crippen LogP contribution in [0.2, 0.25) is 0 Å². The van der Waals surface area contributed by atoms with E-state index in [1.165, 1.54) is 27.8 Å². The maximum Gasteiger partial charge on any atom is 0.136 e. The summed E-state index contributed by atoms with van der Waals surface area (Å²) in [6.45, 7) is 16.4. The van der Waals surface area contributed by atoms with E-state index in [2.05, 4.69) is 153 Å². The summed E-state index contributed by atoms with van der Waals surface area (Å²) in [5.74, 6) is 0.408. The van der Waals surface area contributed by atoms with Crippen LogP contribution in [0.25, 0.3) is 6.08 Å². The van der Waals surface area contributed by atoms with Gasteiger partial charge in [-0.15, -0.1) is 0 Å². The third-order valence-electron chi connectivity index (χ3n) is 9.51. The van der Waals surface area contributed by atoms with Crippen LogP contribution in [0, 0.1) is 0 Å². The summed E-state index contributed by atoms with van der Waals surface area (Å²) >= 11 is 15.7. The summed E-state index contributed by atoms with van der Waals surface area (Å²) in [5.41, 5.74) is 7.99. The Balaban J connectivity index is 1.55. The van der Waals surface area contributed by atoms with Gasteiger partial charge in [0.05, 0.1) is 0 Å². The van der Waals surface area contributed by atoms with Crippen LogP contribution in [0.3, 0.4) is 0 Å². The minimum Gasteiger partial charge on any atom is -0.358 e. The zero-order chi connectivity index (χ0) is 35.7. The Hall–Kier alpha value is -2.90.